The fourth-order valence-electron chi connectivity index (χ4n) is 2.18. The zero-order valence-corrected chi connectivity index (χ0v) is 13.3. The van der Waals surface area contributed by atoms with Crippen LogP contribution in [-0.4, -0.2) is 23.6 Å². The van der Waals surface area contributed by atoms with Gasteiger partial charge in [0.15, 0.2) is 0 Å². The monoisotopic (exact) mass is 263 g/mol. The van der Waals surface area contributed by atoms with Crippen molar-refractivity contribution in [3.63, 3.8) is 0 Å². The number of nitrogens with zero attached hydrogens (tertiary/aromatic N) is 2. The highest BCUT2D eigenvalue weighted by Gasteiger charge is 2.11. The molecule has 1 aromatic heterocycles. The second-order valence-corrected chi connectivity index (χ2v) is 5.59. The molecule has 0 atom stereocenters. The van der Waals surface area contributed by atoms with E-state index in [2.05, 4.69) is 63.9 Å². The van der Waals surface area contributed by atoms with Gasteiger partial charge in [-0.05, 0) is 44.9 Å². The zero-order valence-electron chi connectivity index (χ0n) is 13.3. The van der Waals surface area contributed by atoms with Gasteiger partial charge in [0.2, 0.25) is 0 Å². The van der Waals surface area contributed by atoms with Gasteiger partial charge in [0.05, 0.1) is 0 Å². The molecule has 0 aliphatic heterocycles. The van der Waals surface area contributed by atoms with Crippen LogP contribution in [0.25, 0.3) is 0 Å². The molecular formula is C16H29N3. The van der Waals surface area contributed by atoms with Crippen LogP contribution in [-0.2, 0) is 13.0 Å². The van der Waals surface area contributed by atoms with E-state index in [1.807, 2.05) is 0 Å². The number of pyridine rings is 1. The van der Waals surface area contributed by atoms with Crippen molar-refractivity contribution < 1.29 is 0 Å². The molecule has 0 radical (unpaired) electrons. The summed E-state index contributed by atoms with van der Waals surface area (Å²) in [5, 5.41) is 3.48. The topological polar surface area (TPSA) is 28.2 Å². The summed E-state index contributed by atoms with van der Waals surface area (Å²) < 4.78 is 0. The molecule has 0 unspecified atom stereocenters. The Bertz CT molecular complexity index is 386. The summed E-state index contributed by atoms with van der Waals surface area (Å²) in [5.41, 5.74) is 2.51. The quantitative estimate of drug-likeness (QED) is 0.817. The predicted molar refractivity (Wildman–Crippen MR) is 83.7 cm³/mol. The van der Waals surface area contributed by atoms with Gasteiger partial charge in [-0.1, -0.05) is 20.8 Å². The van der Waals surface area contributed by atoms with Gasteiger partial charge < -0.3 is 10.2 Å². The lowest BCUT2D eigenvalue weighted by molar-refractivity contribution is 0.587. The maximum Gasteiger partial charge on any atom is 0.129 e. The van der Waals surface area contributed by atoms with E-state index in [4.69, 9.17) is 4.98 Å². The third-order valence-electron chi connectivity index (χ3n) is 3.26. The second kappa shape index (κ2) is 7.49. The molecule has 1 heterocycles. The molecule has 108 valence electrons. The third-order valence-corrected chi connectivity index (χ3v) is 3.26. The molecule has 3 nitrogen and oxygen atoms in total. The lowest BCUT2D eigenvalue weighted by Crippen LogP contribution is -2.31. The van der Waals surface area contributed by atoms with Crippen molar-refractivity contribution >= 4 is 5.82 Å². The van der Waals surface area contributed by atoms with E-state index < -0.39 is 0 Å². The molecular weight excluding hydrogens is 234 g/mol. The van der Waals surface area contributed by atoms with Crippen LogP contribution in [0.2, 0.25) is 0 Å². The lowest BCUT2D eigenvalue weighted by atomic mass is 10.1. The number of hydrogen-bond donors (Lipinski definition) is 1. The van der Waals surface area contributed by atoms with Gasteiger partial charge in [0.1, 0.15) is 5.82 Å². The van der Waals surface area contributed by atoms with Crippen LogP contribution in [0.15, 0.2) is 12.1 Å². The molecule has 1 aromatic rings. The SMILES string of the molecule is CCc1cc(CNC(C)C)cc(N(CC)C(C)C)n1. The predicted octanol–water partition coefficient (Wildman–Crippen LogP) is 3.38. The van der Waals surface area contributed by atoms with Gasteiger partial charge in [-0.15, -0.1) is 0 Å². The number of nitrogens with one attached hydrogen (secondary N) is 1. The van der Waals surface area contributed by atoms with Crippen molar-refractivity contribution in [2.75, 3.05) is 11.4 Å². The first kappa shape index (κ1) is 16.0. The standard InChI is InChI=1S/C16H29N3/c1-7-15-9-14(11-17-12(3)4)10-16(18-15)19(8-2)13(5)6/h9-10,12-13,17H,7-8,11H2,1-6H3. The van der Waals surface area contributed by atoms with Gasteiger partial charge in [-0.25, -0.2) is 4.98 Å². The van der Waals surface area contributed by atoms with Crippen molar-refractivity contribution in [3.8, 4) is 0 Å². The Morgan fingerprint density at radius 2 is 1.84 bits per heavy atom. The van der Waals surface area contributed by atoms with E-state index in [1.54, 1.807) is 0 Å². The Morgan fingerprint density at radius 1 is 1.16 bits per heavy atom. The maximum atomic E-state index is 4.77. The zero-order chi connectivity index (χ0) is 14.4. The van der Waals surface area contributed by atoms with Crippen molar-refractivity contribution in [2.45, 2.75) is 66.6 Å². The first-order chi connectivity index (χ1) is 8.97. The minimum atomic E-state index is 0.482. The second-order valence-electron chi connectivity index (χ2n) is 5.59. The largest absolute Gasteiger partial charge is 0.354 e. The van der Waals surface area contributed by atoms with Crippen molar-refractivity contribution in [1.29, 1.82) is 0 Å². The Kier molecular flexibility index (Phi) is 6.29. The first-order valence-electron chi connectivity index (χ1n) is 7.47. The summed E-state index contributed by atoms with van der Waals surface area (Å²) in [4.78, 5) is 7.11. The molecule has 0 fully saturated rings. The minimum absolute atomic E-state index is 0.482. The molecule has 0 aliphatic rings. The smallest absolute Gasteiger partial charge is 0.129 e. The summed E-state index contributed by atoms with van der Waals surface area (Å²) in [6, 6.07) is 5.43. The Labute approximate surface area is 118 Å². The molecule has 0 saturated heterocycles. The van der Waals surface area contributed by atoms with E-state index in [-0.39, 0.29) is 0 Å². The number of hydrogen-bond acceptors (Lipinski definition) is 3. The van der Waals surface area contributed by atoms with Crippen LogP contribution < -0.4 is 10.2 Å². The van der Waals surface area contributed by atoms with E-state index in [0.717, 1.165) is 25.3 Å². The summed E-state index contributed by atoms with van der Waals surface area (Å²) in [5.74, 6) is 1.11. The van der Waals surface area contributed by atoms with Gasteiger partial charge >= 0.3 is 0 Å². The number of rotatable bonds is 7. The molecule has 0 saturated carbocycles. The average molecular weight is 263 g/mol. The maximum absolute atomic E-state index is 4.77. The molecule has 0 amide bonds. The molecule has 1 N–H and O–H groups in total. The molecule has 0 aliphatic carbocycles. The Hall–Kier alpha value is -1.09. The lowest BCUT2D eigenvalue weighted by Gasteiger charge is -2.27. The van der Waals surface area contributed by atoms with E-state index >= 15 is 0 Å². The van der Waals surface area contributed by atoms with E-state index in [9.17, 15) is 0 Å². The van der Waals surface area contributed by atoms with Crippen molar-refractivity contribution in [1.82, 2.24) is 10.3 Å². The number of aromatic nitrogens is 1. The van der Waals surface area contributed by atoms with Crippen LogP contribution in [0.3, 0.4) is 0 Å². The van der Waals surface area contributed by atoms with Gasteiger partial charge in [0, 0.05) is 30.9 Å². The third kappa shape index (κ3) is 4.83. The Morgan fingerprint density at radius 3 is 2.32 bits per heavy atom. The summed E-state index contributed by atoms with van der Waals surface area (Å²) in [6.07, 6.45) is 0.984. The van der Waals surface area contributed by atoms with Crippen LogP contribution >= 0.6 is 0 Å². The highest BCUT2D eigenvalue weighted by molar-refractivity contribution is 5.43. The summed E-state index contributed by atoms with van der Waals surface area (Å²) in [6.45, 7) is 15.0. The van der Waals surface area contributed by atoms with Crippen LogP contribution in [0.1, 0.15) is 52.8 Å². The fraction of sp³-hybridized carbons (Fsp3) is 0.688. The molecule has 1 rings (SSSR count). The molecule has 0 bridgehead atoms. The fourth-order valence-corrected chi connectivity index (χ4v) is 2.18. The van der Waals surface area contributed by atoms with Gasteiger partial charge in [-0.3, -0.25) is 0 Å². The van der Waals surface area contributed by atoms with E-state index in [1.165, 1.54) is 11.3 Å². The Balaban J connectivity index is 3.00. The molecule has 19 heavy (non-hydrogen) atoms. The number of anilines is 1. The first-order valence-corrected chi connectivity index (χ1v) is 7.47. The van der Waals surface area contributed by atoms with Gasteiger partial charge in [0.25, 0.3) is 0 Å². The average Bonchev–Trinajstić information content (AvgIpc) is 2.36. The van der Waals surface area contributed by atoms with Crippen molar-refractivity contribution in [3.05, 3.63) is 23.4 Å². The molecule has 3 heteroatoms. The van der Waals surface area contributed by atoms with E-state index in [0.29, 0.717) is 12.1 Å². The normalized spacial score (nSPS) is 11.4. The molecule has 0 spiro atoms. The highest BCUT2D eigenvalue weighted by Crippen LogP contribution is 2.18. The van der Waals surface area contributed by atoms with Gasteiger partial charge in [-0.2, -0.15) is 0 Å². The van der Waals surface area contributed by atoms with Crippen LogP contribution in [0, 0.1) is 0 Å². The number of aryl methyl sites for hydroxylation is 1. The van der Waals surface area contributed by atoms with Crippen LogP contribution in [0.4, 0.5) is 5.82 Å². The molecule has 0 aromatic carbocycles. The summed E-state index contributed by atoms with van der Waals surface area (Å²) in [7, 11) is 0. The summed E-state index contributed by atoms with van der Waals surface area (Å²) >= 11 is 0. The van der Waals surface area contributed by atoms with Crippen molar-refractivity contribution in [2.24, 2.45) is 0 Å². The minimum Gasteiger partial charge on any atom is -0.354 e. The highest BCUT2D eigenvalue weighted by atomic mass is 15.2. The van der Waals surface area contributed by atoms with Crippen LogP contribution in [0.5, 0.6) is 0 Å².